The van der Waals surface area contributed by atoms with Gasteiger partial charge >= 0.3 is 0 Å². The Morgan fingerprint density at radius 2 is 1.61 bits per heavy atom. The van der Waals surface area contributed by atoms with Crippen LogP contribution < -0.4 is 4.31 Å². The smallest absolute Gasteiger partial charge is 0.252 e. The molecule has 0 N–H and O–H groups in total. The fourth-order valence-electron chi connectivity index (χ4n) is 6.09. The summed E-state index contributed by atoms with van der Waals surface area (Å²) in [4.78, 5) is 16.1. The SMILES string of the molecule is C=CC[C@@H]1O[C@H](c2cccc(Cl)c2)[C@@H](c2ccc(Cl)cc2)N(C(CN(c2c(F)cccc2F)S(=O)(=O)C2CC2)C2CC2)C1=O. The van der Waals surface area contributed by atoms with Crippen molar-refractivity contribution in [2.75, 3.05) is 10.8 Å². The fourth-order valence-corrected chi connectivity index (χ4v) is 8.29. The normalized spacial score (nSPS) is 23.0. The molecule has 3 fully saturated rings. The van der Waals surface area contributed by atoms with Crippen LogP contribution in [0.1, 0.15) is 55.4 Å². The molecule has 0 bridgehead atoms. The van der Waals surface area contributed by atoms with Crippen LogP contribution >= 0.6 is 23.2 Å². The lowest BCUT2D eigenvalue weighted by Crippen LogP contribution is -2.58. The summed E-state index contributed by atoms with van der Waals surface area (Å²) in [5.74, 6) is -2.40. The van der Waals surface area contributed by atoms with Crippen molar-refractivity contribution in [1.82, 2.24) is 4.90 Å². The lowest BCUT2D eigenvalue weighted by Gasteiger charge is -2.49. The van der Waals surface area contributed by atoms with Gasteiger partial charge in [-0.2, -0.15) is 0 Å². The summed E-state index contributed by atoms with van der Waals surface area (Å²) in [6.07, 6.45) is 2.47. The molecule has 1 aliphatic heterocycles. The first-order chi connectivity index (χ1) is 21.1. The van der Waals surface area contributed by atoms with Crippen molar-refractivity contribution >= 4 is 44.8 Å². The first-order valence-electron chi connectivity index (χ1n) is 14.6. The molecule has 1 unspecified atom stereocenters. The van der Waals surface area contributed by atoms with Gasteiger partial charge in [0, 0.05) is 16.5 Å². The summed E-state index contributed by atoms with van der Waals surface area (Å²) >= 11 is 12.6. The number of sulfonamides is 1. The van der Waals surface area contributed by atoms with Gasteiger partial charge in [-0.3, -0.25) is 9.10 Å². The van der Waals surface area contributed by atoms with E-state index in [1.165, 1.54) is 6.07 Å². The van der Waals surface area contributed by atoms with Crippen molar-refractivity contribution in [3.05, 3.63) is 112 Å². The molecule has 6 rings (SSSR count). The molecule has 2 saturated carbocycles. The molecule has 1 saturated heterocycles. The lowest BCUT2D eigenvalue weighted by molar-refractivity contribution is -0.179. The molecule has 0 spiro atoms. The van der Waals surface area contributed by atoms with Crippen LogP contribution in [0.2, 0.25) is 10.0 Å². The van der Waals surface area contributed by atoms with Crippen LogP contribution in [0.3, 0.4) is 0 Å². The summed E-state index contributed by atoms with van der Waals surface area (Å²) in [5.41, 5.74) is 0.813. The first kappa shape index (κ1) is 31.0. The zero-order chi connectivity index (χ0) is 31.2. The fraction of sp³-hybridized carbons (Fsp3) is 0.364. The number of hydrogen-bond donors (Lipinski definition) is 0. The van der Waals surface area contributed by atoms with Crippen molar-refractivity contribution < 1.29 is 26.7 Å². The maximum absolute atomic E-state index is 15.3. The Bertz CT molecular complexity index is 1640. The van der Waals surface area contributed by atoms with Crippen molar-refractivity contribution in [1.29, 1.82) is 0 Å². The van der Waals surface area contributed by atoms with Crippen molar-refractivity contribution in [3.63, 3.8) is 0 Å². The van der Waals surface area contributed by atoms with E-state index in [-0.39, 0.29) is 24.8 Å². The largest absolute Gasteiger partial charge is 0.358 e. The number of morpholine rings is 1. The molecule has 1 amide bonds. The molecule has 232 valence electrons. The maximum atomic E-state index is 15.3. The number of hydrogen-bond acceptors (Lipinski definition) is 4. The third-order valence-electron chi connectivity index (χ3n) is 8.51. The molecule has 11 heteroatoms. The van der Waals surface area contributed by atoms with Crippen molar-refractivity contribution in [2.24, 2.45) is 5.92 Å². The van der Waals surface area contributed by atoms with E-state index < -0.39 is 56.9 Å². The van der Waals surface area contributed by atoms with E-state index in [2.05, 4.69) is 6.58 Å². The van der Waals surface area contributed by atoms with Gasteiger partial charge in [-0.15, -0.1) is 6.58 Å². The van der Waals surface area contributed by atoms with Crippen LogP contribution in [0.15, 0.2) is 79.4 Å². The van der Waals surface area contributed by atoms with Crippen molar-refractivity contribution in [3.8, 4) is 0 Å². The number of halogens is 4. The highest BCUT2D eigenvalue weighted by atomic mass is 35.5. The predicted octanol–water partition coefficient (Wildman–Crippen LogP) is 7.63. The van der Waals surface area contributed by atoms with Gasteiger partial charge in [-0.05, 0) is 79.1 Å². The minimum Gasteiger partial charge on any atom is -0.358 e. The summed E-state index contributed by atoms with van der Waals surface area (Å²) in [6.45, 7) is 3.51. The Kier molecular flexibility index (Phi) is 8.76. The van der Waals surface area contributed by atoms with Crippen molar-refractivity contribution in [2.45, 2.75) is 61.6 Å². The average Bonchev–Trinajstić information content (AvgIpc) is 3.90. The highest BCUT2D eigenvalue weighted by Gasteiger charge is 2.52. The quantitative estimate of drug-likeness (QED) is 0.198. The van der Waals surface area contributed by atoms with E-state index in [4.69, 9.17) is 27.9 Å². The number of carbonyl (C=O) groups excluding carboxylic acids is 1. The van der Waals surface area contributed by atoms with E-state index in [0.29, 0.717) is 28.5 Å². The van der Waals surface area contributed by atoms with Crippen LogP contribution in [-0.2, 0) is 19.6 Å². The third-order valence-corrected chi connectivity index (χ3v) is 11.3. The molecule has 2 aliphatic carbocycles. The molecular formula is C33H32Cl2F2N2O4S. The van der Waals surface area contributed by atoms with Crippen LogP contribution in [0.4, 0.5) is 14.5 Å². The van der Waals surface area contributed by atoms with Gasteiger partial charge in [0.25, 0.3) is 5.91 Å². The zero-order valence-electron chi connectivity index (χ0n) is 23.8. The molecule has 3 aliphatic rings. The Morgan fingerprint density at radius 1 is 0.955 bits per heavy atom. The van der Waals surface area contributed by atoms with Crippen LogP contribution in [0.5, 0.6) is 0 Å². The van der Waals surface area contributed by atoms with Crippen LogP contribution in [0.25, 0.3) is 0 Å². The Morgan fingerprint density at radius 3 is 2.20 bits per heavy atom. The van der Waals surface area contributed by atoms with Gasteiger partial charge in [0.2, 0.25) is 10.0 Å². The minimum atomic E-state index is -4.13. The van der Waals surface area contributed by atoms with Gasteiger partial charge in [0.1, 0.15) is 17.9 Å². The number of rotatable bonds is 11. The predicted molar refractivity (Wildman–Crippen MR) is 167 cm³/mol. The molecular weight excluding hydrogens is 629 g/mol. The summed E-state index contributed by atoms with van der Waals surface area (Å²) in [6, 6.07) is 16.1. The molecule has 44 heavy (non-hydrogen) atoms. The maximum Gasteiger partial charge on any atom is 0.252 e. The Labute approximate surface area is 266 Å². The van der Waals surface area contributed by atoms with Gasteiger partial charge in [-0.1, -0.05) is 59.6 Å². The summed E-state index contributed by atoms with van der Waals surface area (Å²) in [7, 11) is -4.13. The van der Waals surface area contributed by atoms with Crippen LogP contribution in [0, 0.1) is 17.6 Å². The molecule has 6 nitrogen and oxygen atoms in total. The first-order valence-corrected chi connectivity index (χ1v) is 16.9. The van der Waals surface area contributed by atoms with Gasteiger partial charge in [-0.25, -0.2) is 17.2 Å². The minimum absolute atomic E-state index is 0.0945. The van der Waals surface area contributed by atoms with Crippen LogP contribution in [-0.4, -0.2) is 43.2 Å². The number of carbonyl (C=O) groups is 1. The molecule has 3 aromatic rings. The number of anilines is 1. The van der Waals surface area contributed by atoms with E-state index >= 15 is 8.78 Å². The van der Waals surface area contributed by atoms with Gasteiger partial charge < -0.3 is 9.64 Å². The lowest BCUT2D eigenvalue weighted by atomic mass is 9.89. The topological polar surface area (TPSA) is 66.9 Å². The highest BCUT2D eigenvalue weighted by molar-refractivity contribution is 7.93. The molecule has 4 atom stereocenters. The Balaban J connectivity index is 1.51. The third kappa shape index (κ3) is 6.12. The number of benzene rings is 3. The van der Waals surface area contributed by atoms with E-state index in [1.54, 1.807) is 53.4 Å². The zero-order valence-corrected chi connectivity index (χ0v) is 26.1. The number of ether oxygens (including phenoxy) is 1. The number of amides is 1. The summed E-state index contributed by atoms with van der Waals surface area (Å²) < 4.78 is 65.6. The summed E-state index contributed by atoms with van der Waals surface area (Å²) in [5, 5.41) is 0.254. The number of nitrogens with zero attached hydrogens (tertiary/aromatic N) is 2. The number of para-hydroxylation sites is 1. The molecule has 3 aromatic carbocycles. The molecule has 0 radical (unpaired) electrons. The van der Waals surface area contributed by atoms with E-state index in [0.717, 1.165) is 34.8 Å². The highest BCUT2D eigenvalue weighted by Crippen LogP contribution is 2.49. The molecule has 0 aromatic heterocycles. The Hall–Kier alpha value is -2.98. The molecule has 1 heterocycles. The van der Waals surface area contributed by atoms with E-state index in [9.17, 15) is 13.2 Å². The van der Waals surface area contributed by atoms with E-state index in [1.807, 2.05) is 6.07 Å². The average molecular weight is 662 g/mol. The monoisotopic (exact) mass is 660 g/mol. The van der Waals surface area contributed by atoms with Gasteiger partial charge in [0.05, 0.1) is 23.9 Å². The van der Waals surface area contributed by atoms with Gasteiger partial charge in [0.15, 0.2) is 11.6 Å². The second kappa shape index (κ2) is 12.4. The second-order valence-corrected chi connectivity index (χ2v) is 14.6. The second-order valence-electron chi connectivity index (χ2n) is 11.6. The standard InChI is InChI=1S/C33H32Cl2F2N2O4S/c1-2-5-29-33(40)39(30(21-12-14-23(34)15-13-21)32(43-29)22-6-3-7-24(35)18-22)28(20-10-11-20)19-38(44(41,42)25-16-17-25)31-26(36)8-4-9-27(31)37/h2-4,6-9,12-15,18,20,25,28-30,32H,1,5,10-11,16-17,19H2/t28?,29-,30+,32+/m0/s1.